The minimum Gasteiger partial charge on any atom is -0.497 e. The molecule has 1 aromatic carbocycles. The van der Waals surface area contributed by atoms with Crippen molar-refractivity contribution in [2.45, 2.75) is 0 Å². The number of ether oxygens (including phenoxy) is 1. The molecule has 1 amide bonds. The topological polar surface area (TPSA) is 84.1 Å². The number of nitrogens with one attached hydrogen (secondary N) is 2. The molecule has 19 heavy (non-hydrogen) atoms. The number of H-pyrrole nitrogens is 1. The van der Waals surface area contributed by atoms with E-state index in [1.807, 2.05) is 0 Å². The molecule has 0 aliphatic heterocycles. The van der Waals surface area contributed by atoms with E-state index in [1.165, 1.54) is 6.07 Å². The molecule has 0 aliphatic carbocycles. The predicted molar refractivity (Wildman–Crippen MR) is 70.8 cm³/mol. The van der Waals surface area contributed by atoms with Crippen molar-refractivity contribution >= 4 is 23.2 Å². The highest BCUT2D eigenvalue weighted by molar-refractivity contribution is 6.29. The molecule has 0 aliphatic rings. The van der Waals surface area contributed by atoms with Crippen LogP contribution in [0.2, 0.25) is 5.15 Å². The predicted octanol–water partition coefficient (Wildman–Crippen LogP) is 1.68. The third kappa shape index (κ3) is 3.32. The van der Waals surface area contributed by atoms with Gasteiger partial charge >= 0.3 is 5.69 Å². The van der Waals surface area contributed by atoms with Crippen molar-refractivity contribution in [2.24, 2.45) is 0 Å². The molecule has 2 rings (SSSR count). The number of hydrogen-bond acceptors (Lipinski definition) is 4. The van der Waals surface area contributed by atoms with Crippen LogP contribution in [0.1, 0.15) is 10.5 Å². The zero-order valence-corrected chi connectivity index (χ0v) is 10.7. The smallest absolute Gasteiger partial charge is 0.346 e. The summed E-state index contributed by atoms with van der Waals surface area (Å²) < 4.78 is 5.00. The Morgan fingerprint density at radius 1 is 1.37 bits per heavy atom. The van der Waals surface area contributed by atoms with E-state index in [4.69, 9.17) is 16.3 Å². The quantitative estimate of drug-likeness (QED) is 0.837. The number of hydrogen-bond donors (Lipinski definition) is 2. The molecule has 2 aromatic rings. The van der Waals surface area contributed by atoms with Crippen LogP contribution in [0.15, 0.2) is 35.1 Å². The average Bonchev–Trinajstić information content (AvgIpc) is 2.38. The number of carbonyl (C=O) groups is 1. The van der Waals surface area contributed by atoms with Crippen LogP contribution in [0.5, 0.6) is 5.75 Å². The minimum absolute atomic E-state index is 0.0513. The SMILES string of the molecule is COc1ccc(NC(=O)c2cc(Cl)[nH]c(=O)n2)cc1. The normalized spacial score (nSPS) is 10.0. The van der Waals surface area contributed by atoms with Gasteiger partial charge in [-0.25, -0.2) is 4.79 Å². The van der Waals surface area contributed by atoms with Crippen LogP contribution >= 0.6 is 11.6 Å². The summed E-state index contributed by atoms with van der Waals surface area (Å²) >= 11 is 5.64. The average molecular weight is 280 g/mol. The van der Waals surface area contributed by atoms with Crippen molar-refractivity contribution in [3.05, 3.63) is 51.7 Å². The highest BCUT2D eigenvalue weighted by Gasteiger charge is 2.09. The second kappa shape index (κ2) is 5.53. The molecule has 0 spiro atoms. The summed E-state index contributed by atoms with van der Waals surface area (Å²) in [6.45, 7) is 0. The Kier molecular flexibility index (Phi) is 3.82. The van der Waals surface area contributed by atoms with Gasteiger partial charge < -0.3 is 10.1 Å². The Bertz CT molecular complexity index is 652. The standard InChI is InChI=1S/C12H10ClN3O3/c1-19-8-4-2-7(3-5-8)14-11(17)9-6-10(13)16-12(18)15-9/h2-6H,1H3,(H,14,17)(H,15,16,18). The van der Waals surface area contributed by atoms with Gasteiger partial charge in [-0.1, -0.05) is 11.6 Å². The molecule has 1 heterocycles. The van der Waals surface area contributed by atoms with Crippen LogP contribution in [0.4, 0.5) is 5.69 Å². The number of carbonyl (C=O) groups excluding carboxylic acids is 1. The van der Waals surface area contributed by atoms with Crippen LogP contribution in [0.3, 0.4) is 0 Å². The third-order valence-electron chi connectivity index (χ3n) is 2.29. The minimum atomic E-state index is -0.674. The van der Waals surface area contributed by atoms with E-state index in [9.17, 15) is 9.59 Å². The van der Waals surface area contributed by atoms with E-state index < -0.39 is 11.6 Å². The van der Waals surface area contributed by atoms with Gasteiger partial charge in [0.1, 0.15) is 16.6 Å². The lowest BCUT2D eigenvalue weighted by Gasteiger charge is -2.05. The number of anilines is 1. The molecule has 0 radical (unpaired) electrons. The van der Waals surface area contributed by atoms with E-state index >= 15 is 0 Å². The van der Waals surface area contributed by atoms with Crippen LogP contribution in [-0.2, 0) is 0 Å². The first-order chi connectivity index (χ1) is 9.08. The largest absolute Gasteiger partial charge is 0.497 e. The molecule has 6 nitrogen and oxygen atoms in total. The second-order valence-electron chi connectivity index (χ2n) is 3.60. The fraction of sp³-hybridized carbons (Fsp3) is 0.0833. The number of methoxy groups -OCH3 is 1. The number of aromatic amines is 1. The Morgan fingerprint density at radius 2 is 2.05 bits per heavy atom. The van der Waals surface area contributed by atoms with Gasteiger partial charge in [0, 0.05) is 11.8 Å². The monoisotopic (exact) mass is 279 g/mol. The maximum atomic E-state index is 11.9. The van der Waals surface area contributed by atoms with Gasteiger partial charge in [0.15, 0.2) is 0 Å². The fourth-order valence-corrected chi connectivity index (χ4v) is 1.60. The lowest BCUT2D eigenvalue weighted by atomic mass is 10.3. The molecular formula is C12H10ClN3O3. The van der Waals surface area contributed by atoms with Crippen molar-refractivity contribution < 1.29 is 9.53 Å². The van der Waals surface area contributed by atoms with Crippen molar-refractivity contribution in [3.63, 3.8) is 0 Å². The number of amides is 1. The van der Waals surface area contributed by atoms with Crippen LogP contribution in [0, 0.1) is 0 Å². The molecule has 0 fully saturated rings. The molecule has 0 unspecified atom stereocenters. The van der Waals surface area contributed by atoms with Crippen molar-refractivity contribution in [1.29, 1.82) is 0 Å². The first kappa shape index (κ1) is 13.1. The summed E-state index contributed by atoms with van der Waals surface area (Å²) in [5, 5.41) is 2.65. The Morgan fingerprint density at radius 3 is 2.63 bits per heavy atom. The third-order valence-corrected chi connectivity index (χ3v) is 2.50. The molecule has 0 atom stereocenters. The van der Waals surface area contributed by atoms with Gasteiger partial charge in [-0.2, -0.15) is 4.98 Å². The van der Waals surface area contributed by atoms with Gasteiger partial charge in [-0.05, 0) is 24.3 Å². The zero-order chi connectivity index (χ0) is 13.8. The highest BCUT2D eigenvalue weighted by Crippen LogP contribution is 2.15. The van der Waals surface area contributed by atoms with Gasteiger partial charge in [0.05, 0.1) is 7.11 Å². The molecule has 7 heteroatoms. The van der Waals surface area contributed by atoms with E-state index in [-0.39, 0.29) is 10.8 Å². The summed E-state index contributed by atoms with van der Waals surface area (Å²) in [7, 11) is 1.55. The Hall–Kier alpha value is -2.34. The molecule has 1 aromatic heterocycles. The summed E-state index contributed by atoms with van der Waals surface area (Å²) in [4.78, 5) is 28.7. The number of rotatable bonds is 3. The lowest BCUT2D eigenvalue weighted by molar-refractivity contribution is 0.102. The van der Waals surface area contributed by atoms with Crippen molar-refractivity contribution in [1.82, 2.24) is 9.97 Å². The van der Waals surface area contributed by atoms with Gasteiger partial charge in [-0.3, -0.25) is 9.78 Å². The van der Waals surface area contributed by atoms with E-state index in [1.54, 1.807) is 31.4 Å². The van der Waals surface area contributed by atoms with Crippen molar-refractivity contribution in [3.8, 4) is 5.75 Å². The van der Waals surface area contributed by atoms with Gasteiger partial charge in [-0.15, -0.1) is 0 Å². The molecule has 0 bridgehead atoms. The summed E-state index contributed by atoms with van der Waals surface area (Å²) in [5.74, 6) is 0.161. The summed E-state index contributed by atoms with van der Waals surface area (Å²) in [5.41, 5.74) is -0.166. The van der Waals surface area contributed by atoms with E-state index in [0.717, 1.165) is 0 Å². The number of halogens is 1. The molecule has 2 N–H and O–H groups in total. The molecule has 0 saturated carbocycles. The molecule has 0 saturated heterocycles. The van der Waals surface area contributed by atoms with Gasteiger partial charge in [0.25, 0.3) is 5.91 Å². The molecule has 98 valence electrons. The van der Waals surface area contributed by atoms with E-state index in [0.29, 0.717) is 11.4 Å². The summed E-state index contributed by atoms with van der Waals surface area (Å²) in [6.07, 6.45) is 0. The highest BCUT2D eigenvalue weighted by atomic mass is 35.5. The number of nitrogens with zero attached hydrogens (tertiary/aromatic N) is 1. The summed E-state index contributed by atoms with van der Waals surface area (Å²) in [6, 6.07) is 8.03. The van der Waals surface area contributed by atoms with Crippen molar-refractivity contribution in [2.75, 3.05) is 12.4 Å². The van der Waals surface area contributed by atoms with Crippen LogP contribution < -0.4 is 15.7 Å². The Balaban J connectivity index is 2.17. The van der Waals surface area contributed by atoms with Gasteiger partial charge in [0.2, 0.25) is 0 Å². The fourth-order valence-electron chi connectivity index (χ4n) is 1.41. The first-order valence-corrected chi connectivity index (χ1v) is 5.68. The maximum absolute atomic E-state index is 11.9. The van der Waals surface area contributed by atoms with Crippen LogP contribution in [-0.4, -0.2) is 23.0 Å². The zero-order valence-electron chi connectivity index (χ0n) is 9.94. The number of aromatic nitrogens is 2. The van der Waals surface area contributed by atoms with E-state index in [2.05, 4.69) is 15.3 Å². The molecular weight excluding hydrogens is 270 g/mol. The number of benzene rings is 1. The Labute approximate surface area is 113 Å². The van der Waals surface area contributed by atoms with Crippen LogP contribution in [0.25, 0.3) is 0 Å². The first-order valence-electron chi connectivity index (χ1n) is 5.31. The second-order valence-corrected chi connectivity index (χ2v) is 4.01. The lowest BCUT2D eigenvalue weighted by Crippen LogP contribution is -2.20. The maximum Gasteiger partial charge on any atom is 0.346 e.